The number of aryl methyl sites for hydroxylation is 1. The van der Waals surface area contributed by atoms with Gasteiger partial charge in [-0.05, 0) is 55.0 Å². The second-order valence-electron chi connectivity index (χ2n) is 10.7. The summed E-state index contributed by atoms with van der Waals surface area (Å²) in [5.41, 5.74) is 3.04. The van der Waals surface area contributed by atoms with E-state index in [1.54, 1.807) is 34.5 Å². The summed E-state index contributed by atoms with van der Waals surface area (Å²) in [5.74, 6) is -1.99. The number of hydrogen-bond acceptors (Lipinski definition) is 7. The summed E-state index contributed by atoms with van der Waals surface area (Å²) in [6, 6.07) is 23.9. The van der Waals surface area contributed by atoms with E-state index in [0.29, 0.717) is 35.6 Å². The van der Waals surface area contributed by atoms with Crippen LogP contribution in [0.5, 0.6) is 0 Å². The van der Waals surface area contributed by atoms with Crippen LogP contribution in [-0.2, 0) is 6.18 Å². The van der Waals surface area contributed by atoms with Crippen LogP contribution in [0.3, 0.4) is 0 Å². The lowest BCUT2D eigenvalue weighted by Crippen LogP contribution is -2.33. The number of nitrogens with one attached hydrogen (secondary N) is 2. The molecule has 0 aliphatic carbocycles. The van der Waals surface area contributed by atoms with E-state index in [1.807, 2.05) is 61.5 Å². The molecule has 2 amide bonds. The third-order valence-electron chi connectivity index (χ3n) is 7.69. The summed E-state index contributed by atoms with van der Waals surface area (Å²) in [5, 5.41) is 7.04. The van der Waals surface area contributed by atoms with Gasteiger partial charge in [0.25, 0.3) is 17.8 Å². The molecule has 2 aromatic heterocycles. The van der Waals surface area contributed by atoms with Crippen LogP contribution in [0.25, 0.3) is 11.3 Å². The molecular formula is C33H28F3N5O3S. The summed E-state index contributed by atoms with van der Waals surface area (Å²) in [6.45, 7) is 2.79. The average molecular weight is 632 g/mol. The van der Waals surface area contributed by atoms with E-state index in [1.165, 1.54) is 5.56 Å². The van der Waals surface area contributed by atoms with Crippen molar-refractivity contribution in [2.45, 2.75) is 31.9 Å². The standard InChI is InChI=1S/C33H28F3N5O3S/c1-20-7-5-6-10-25(20)37-29(42)24-13-11-23(12-14-24)26-19-45-31(38-26)40-30(43)27-28(33(34,35)36)39-32(44-27)41-17-15-22(16-18-41)21-8-3-2-4-9-21/h2-14,19,22H,15-18H2,1H3,(H,37,42)(H,38,40,43). The van der Waals surface area contributed by atoms with Crippen LogP contribution in [0, 0.1) is 6.92 Å². The molecule has 12 heteroatoms. The third-order valence-corrected chi connectivity index (χ3v) is 8.45. The van der Waals surface area contributed by atoms with Gasteiger partial charge in [-0.2, -0.15) is 18.2 Å². The number of hydrogen-bond donors (Lipinski definition) is 2. The van der Waals surface area contributed by atoms with E-state index in [0.717, 1.165) is 29.7 Å². The summed E-state index contributed by atoms with van der Waals surface area (Å²) in [7, 11) is 0. The first-order valence-corrected chi connectivity index (χ1v) is 15.2. The zero-order chi connectivity index (χ0) is 31.6. The van der Waals surface area contributed by atoms with E-state index in [2.05, 4.69) is 20.6 Å². The first-order valence-electron chi connectivity index (χ1n) is 14.3. The fourth-order valence-electron chi connectivity index (χ4n) is 5.24. The molecule has 1 fully saturated rings. The molecule has 3 heterocycles. The van der Waals surface area contributed by atoms with Crippen LogP contribution in [-0.4, -0.2) is 34.9 Å². The van der Waals surface area contributed by atoms with Crippen molar-refractivity contribution in [3.05, 3.63) is 112 Å². The molecule has 1 saturated heterocycles. The van der Waals surface area contributed by atoms with Crippen molar-refractivity contribution >= 4 is 40.0 Å². The molecule has 3 aromatic carbocycles. The van der Waals surface area contributed by atoms with E-state index in [4.69, 9.17) is 4.42 Å². The van der Waals surface area contributed by atoms with Gasteiger partial charge in [-0.25, -0.2) is 4.98 Å². The number of amides is 2. The topological polar surface area (TPSA) is 100 Å². The van der Waals surface area contributed by atoms with Crippen molar-refractivity contribution < 1.29 is 27.2 Å². The van der Waals surface area contributed by atoms with Crippen LogP contribution in [0.4, 0.5) is 30.0 Å². The van der Waals surface area contributed by atoms with Gasteiger partial charge in [0.2, 0.25) is 5.76 Å². The average Bonchev–Trinajstić information content (AvgIpc) is 3.71. The Morgan fingerprint density at radius 1 is 0.889 bits per heavy atom. The summed E-state index contributed by atoms with van der Waals surface area (Å²) in [6.07, 6.45) is -3.46. The number of carbonyl (C=O) groups excluding carboxylic acids is 2. The van der Waals surface area contributed by atoms with E-state index in [-0.39, 0.29) is 23.0 Å². The molecule has 0 bridgehead atoms. The van der Waals surface area contributed by atoms with Gasteiger partial charge in [0.05, 0.1) is 5.69 Å². The summed E-state index contributed by atoms with van der Waals surface area (Å²) < 4.78 is 47.2. The predicted molar refractivity (Wildman–Crippen MR) is 167 cm³/mol. The molecular weight excluding hydrogens is 603 g/mol. The van der Waals surface area contributed by atoms with Gasteiger partial charge in [-0.15, -0.1) is 11.3 Å². The monoisotopic (exact) mass is 631 g/mol. The number of halogens is 3. The number of nitrogens with zero attached hydrogens (tertiary/aromatic N) is 3. The highest BCUT2D eigenvalue weighted by atomic mass is 32.1. The fraction of sp³-hybridized carbons (Fsp3) is 0.212. The number of benzene rings is 3. The highest BCUT2D eigenvalue weighted by Gasteiger charge is 2.42. The van der Waals surface area contributed by atoms with Crippen molar-refractivity contribution in [2.75, 3.05) is 28.6 Å². The van der Waals surface area contributed by atoms with Crippen molar-refractivity contribution in [1.82, 2.24) is 9.97 Å². The van der Waals surface area contributed by atoms with Gasteiger partial charge in [0.15, 0.2) is 10.8 Å². The first-order chi connectivity index (χ1) is 21.7. The lowest BCUT2D eigenvalue weighted by Gasteiger charge is -2.31. The number of rotatable bonds is 7. The minimum Gasteiger partial charge on any atom is -0.417 e. The molecule has 0 radical (unpaired) electrons. The van der Waals surface area contributed by atoms with E-state index >= 15 is 0 Å². The van der Waals surface area contributed by atoms with Crippen molar-refractivity contribution in [2.24, 2.45) is 0 Å². The molecule has 45 heavy (non-hydrogen) atoms. The van der Waals surface area contributed by atoms with Crippen LogP contribution < -0.4 is 15.5 Å². The normalized spacial score (nSPS) is 13.9. The Kier molecular flexibility index (Phi) is 8.40. The molecule has 0 spiro atoms. The van der Waals surface area contributed by atoms with Crippen LogP contribution in [0.1, 0.15) is 56.5 Å². The highest BCUT2D eigenvalue weighted by molar-refractivity contribution is 7.14. The Bertz CT molecular complexity index is 1810. The van der Waals surface area contributed by atoms with E-state index in [9.17, 15) is 22.8 Å². The lowest BCUT2D eigenvalue weighted by molar-refractivity contribution is -0.141. The summed E-state index contributed by atoms with van der Waals surface area (Å²) >= 11 is 1.05. The Balaban J connectivity index is 1.12. The first kappa shape index (κ1) is 30.1. The number of thiazole rings is 1. The molecule has 0 unspecified atom stereocenters. The zero-order valence-corrected chi connectivity index (χ0v) is 24.9. The van der Waals surface area contributed by atoms with E-state index < -0.39 is 23.5 Å². The quantitative estimate of drug-likeness (QED) is 0.189. The number of anilines is 3. The number of alkyl halides is 3. The SMILES string of the molecule is Cc1ccccc1NC(=O)c1ccc(-c2csc(NC(=O)c3oc(N4CCC(c5ccccc5)CC4)nc3C(F)(F)F)n2)cc1. The predicted octanol–water partition coefficient (Wildman–Crippen LogP) is 8.01. The van der Waals surface area contributed by atoms with Crippen LogP contribution >= 0.6 is 11.3 Å². The Morgan fingerprint density at radius 2 is 1.58 bits per heavy atom. The molecule has 0 atom stereocenters. The number of aromatic nitrogens is 2. The minimum absolute atomic E-state index is 0.0890. The lowest BCUT2D eigenvalue weighted by atomic mass is 9.90. The maximum absolute atomic E-state index is 13.9. The van der Waals surface area contributed by atoms with Crippen molar-refractivity contribution in [3.8, 4) is 11.3 Å². The number of para-hydroxylation sites is 1. The number of oxazole rings is 1. The molecule has 1 aliphatic heterocycles. The molecule has 2 N–H and O–H groups in total. The molecule has 1 aliphatic rings. The maximum Gasteiger partial charge on any atom is 0.437 e. The molecule has 230 valence electrons. The molecule has 5 aromatic rings. The Labute approximate surface area is 260 Å². The van der Waals surface area contributed by atoms with Gasteiger partial charge in [0.1, 0.15) is 0 Å². The van der Waals surface area contributed by atoms with Crippen LogP contribution in [0.2, 0.25) is 0 Å². The molecule has 6 rings (SSSR count). The minimum atomic E-state index is -4.89. The zero-order valence-electron chi connectivity index (χ0n) is 24.1. The fourth-order valence-corrected chi connectivity index (χ4v) is 5.95. The smallest absolute Gasteiger partial charge is 0.417 e. The number of piperidine rings is 1. The van der Waals surface area contributed by atoms with Crippen molar-refractivity contribution in [1.29, 1.82) is 0 Å². The molecule has 8 nitrogen and oxygen atoms in total. The van der Waals surface area contributed by atoms with Gasteiger partial charge in [0, 0.05) is 35.3 Å². The highest BCUT2D eigenvalue weighted by Crippen LogP contribution is 2.37. The third kappa shape index (κ3) is 6.75. The van der Waals surface area contributed by atoms with Crippen molar-refractivity contribution in [3.63, 3.8) is 0 Å². The van der Waals surface area contributed by atoms with Gasteiger partial charge >= 0.3 is 6.18 Å². The van der Waals surface area contributed by atoms with Gasteiger partial charge in [-0.1, -0.05) is 60.7 Å². The van der Waals surface area contributed by atoms with Crippen LogP contribution in [0.15, 0.2) is 88.7 Å². The Morgan fingerprint density at radius 3 is 2.27 bits per heavy atom. The van der Waals surface area contributed by atoms with Gasteiger partial charge in [-0.3, -0.25) is 14.9 Å². The molecule has 0 saturated carbocycles. The maximum atomic E-state index is 13.9. The second-order valence-corrected chi connectivity index (χ2v) is 11.5. The summed E-state index contributed by atoms with van der Waals surface area (Å²) in [4.78, 5) is 35.4. The van der Waals surface area contributed by atoms with Gasteiger partial charge < -0.3 is 14.6 Å². The second kappa shape index (κ2) is 12.6. The number of carbonyl (C=O) groups is 2. The largest absolute Gasteiger partial charge is 0.437 e. The Hall–Kier alpha value is -4.97.